The fourth-order valence-electron chi connectivity index (χ4n) is 3.89. The number of piperidine rings is 1. The highest BCUT2D eigenvalue weighted by atomic mass is 15.3. The highest BCUT2D eigenvalue weighted by Crippen LogP contribution is 2.30. The van der Waals surface area contributed by atoms with Crippen molar-refractivity contribution in [1.82, 2.24) is 9.88 Å². The monoisotopic (exact) mass is 352 g/mol. The molecule has 4 heteroatoms. The molecule has 2 heterocycles. The first-order chi connectivity index (χ1) is 12.7. The first-order valence-corrected chi connectivity index (χ1v) is 9.92. The van der Waals surface area contributed by atoms with E-state index in [9.17, 15) is 0 Å². The van der Waals surface area contributed by atoms with Crippen LogP contribution in [0.2, 0.25) is 0 Å². The molecular weight excluding hydrogens is 320 g/mol. The zero-order valence-corrected chi connectivity index (χ0v) is 16.4. The summed E-state index contributed by atoms with van der Waals surface area (Å²) in [6, 6.07) is 15.6. The molecule has 0 atom stereocenters. The van der Waals surface area contributed by atoms with Gasteiger partial charge < -0.3 is 9.80 Å². The van der Waals surface area contributed by atoms with E-state index in [0.717, 1.165) is 38.5 Å². The van der Waals surface area contributed by atoms with Crippen molar-refractivity contribution in [2.45, 2.75) is 39.3 Å². The SMILES string of the molecule is CCN(C)c1cccnc1N(CC)C1CCN(Cc2ccccc2)CC1. The van der Waals surface area contributed by atoms with E-state index in [0.29, 0.717) is 6.04 Å². The maximum absolute atomic E-state index is 4.75. The van der Waals surface area contributed by atoms with Gasteiger partial charge >= 0.3 is 0 Å². The lowest BCUT2D eigenvalue weighted by molar-refractivity contribution is 0.201. The molecule has 0 aliphatic carbocycles. The first-order valence-electron chi connectivity index (χ1n) is 9.92. The van der Waals surface area contributed by atoms with Crippen LogP contribution >= 0.6 is 0 Å². The minimum atomic E-state index is 0.575. The summed E-state index contributed by atoms with van der Waals surface area (Å²) in [6.07, 6.45) is 4.33. The molecule has 1 saturated heterocycles. The summed E-state index contributed by atoms with van der Waals surface area (Å²) in [5.74, 6) is 1.14. The molecule has 0 N–H and O–H groups in total. The van der Waals surface area contributed by atoms with Crippen LogP contribution in [0.5, 0.6) is 0 Å². The Morgan fingerprint density at radius 2 is 1.73 bits per heavy atom. The quantitative estimate of drug-likeness (QED) is 0.750. The predicted octanol–water partition coefficient (Wildman–Crippen LogP) is 4.03. The Balaban J connectivity index is 1.66. The van der Waals surface area contributed by atoms with Crippen molar-refractivity contribution in [3.63, 3.8) is 0 Å². The van der Waals surface area contributed by atoms with Gasteiger partial charge in [-0.05, 0) is 44.4 Å². The average Bonchev–Trinajstić information content (AvgIpc) is 2.70. The molecule has 1 aromatic heterocycles. The van der Waals surface area contributed by atoms with Crippen molar-refractivity contribution in [2.75, 3.05) is 43.0 Å². The van der Waals surface area contributed by atoms with Crippen LogP contribution < -0.4 is 9.80 Å². The molecule has 0 spiro atoms. The number of hydrogen-bond acceptors (Lipinski definition) is 4. The van der Waals surface area contributed by atoms with Gasteiger partial charge in [0.2, 0.25) is 0 Å². The van der Waals surface area contributed by atoms with E-state index in [-0.39, 0.29) is 0 Å². The molecule has 3 rings (SSSR count). The Morgan fingerprint density at radius 3 is 2.38 bits per heavy atom. The number of rotatable bonds is 7. The van der Waals surface area contributed by atoms with E-state index >= 15 is 0 Å². The molecule has 4 nitrogen and oxygen atoms in total. The van der Waals surface area contributed by atoms with Crippen LogP contribution in [-0.2, 0) is 6.54 Å². The Bertz CT molecular complexity index is 665. The third-order valence-corrected chi connectivity index (χ3v) is 5.51. The molecular formula is C22H32N4. The van der Waals surface area contributed by atoms with E-state index < -0.39 is 0 Å². The van der Waals surface area contributed by atoms with Gasteiger partial charge in [0.25, 0.3) is 0 Å². The Morgan fingerprint density at radius 1 is 1.00 bits per heavy atom. The second-order valence-corrected chi connectivity index (χ2v) is 7.14. The van der Waals surface area contributed by atoms with Crippen LogP contribution in [0.25, 0.3) is 0 Å². The second-order valence-electron chi connectivity index (χ2n) is 7.14. The van der Waals surface area contributed by atoms with Crippen molar-refractivity contribution in [2.24, 2.45) is 0 Å². The average molecular weight is 353 g/mol. The van der Waals surface area contributed by atoms with Crippen molar-refractivity contribution in [3.05, 3.63) is 54.2 Å². The lowest BCUT2D eigenvalue weighted by Crippen LogP contribution is -2.45. The highest BCUT2D eigenvalue weighted by molar-refractivity contribution is 5.67. The van der Waals surface area contributed by atoms with Crippen LogP contribution in [0.1, 0.15) is 32.3 Å². The smallest absolute Gasteiger partial charge is 0.152 e. The fourth-order valence-corrected chi connectivity index (χ4v) is 3.89. The van der Waals surface area contributed by atoms with Gasteiger partial charge in [0, 0.05) is 52.0 Å². The predicted molar refractivity (Wildman–Crippen MR) is 111 cm³/mol. The zero-order valence-electron chi connectivity index (χ0n) is 16.4. The summed E-state index contributed by atoms with van der Waals surface area (Å²) in [4.78, 5) is 12.1. The van der Waals surface area contributed by atoms with Gasteiger partial charge in [-0.3, -0.25) is 4.90 Å². The maximum Gasteiger partial charge on any atom is 0.152 e. The highest BCUT2D eigenvalue weighted by Gasteiger charge is 2.26. The number of pyridine rings is 1. The third-order valence-electron chi connectivity index (χ3n) is 5.51. The lowest BCUT2D eigenvalue weighted by Gasteiger charge is -2.40. The Labute approximate surface area is 158 Å². The third kappa shape index (κ3) is 4.36. The topological polar surface area (TPSA) is 22.6 Å². The molecule has 140 valence electrons. The molecule has 2 aromatic rings. The van der Waals surface area contributed by atoms with Gasteiger partial charge in [0.15, 0.2) is 5.82 Å². The van der Waals surface area contributed by atoms with E-state index in [1.807, 2.05) is 12.3 Å². The number of benzene rings is 1. The molecule has 0 saturated carbocycles. The van der Waals surface area contributed by atoms with Crippen LogP contribution in [0.15, 0.2) is 48.7 Å². The number of anilines is 2. The van der Waals surface area contributed by atoms with Crippen LogP contribution in [0.4, 0.5) is 11.5 Å². The largest absolute Gasteiger partial charge is 0.372 e. The van der Waals surface area contributed by atoms with Crippen molar-refractivity contribution >= 4 is 11.5 Å². The van der Waals surface area contributed by atoms with Crippen molar-refractivity contribution in [3.8, 4) is 0 Å². The van der Waals surface area contributed by atoms with Crippen LogP contribution in [0.3, 0.4) is 0 Å². The van der Waals surface area contributed by atoms with Gasteiger partial charge in [-0.25, -0.2) is 4.98 Å². The van der Waals surface area contributed by atoms with Crippen LogP contribution in [-0.4, -0.2) is 49.2 Å². The molecule has 0 radical (unpaired) electrons. The molecule has 1 aliphatic rings. The number of hydrogen-bond donors (Lipinski definition) is 0. The Hall–Kier alpha value is -2.07. The minimum Gasteiger partial charge on any atom is -0.372 e. The standard InChI is InChI=1S/C22H32N4/c1-4-24(3)21-12-9-15-23-22(21)26(5-2)20-13-16-25(17-14-20)18-19-10-7-6-8-11-19/h6-12,15,20H,4-5,13-14,16-18H2,1-3H3. The minimum absolute atomic E-state index is 0.575. The van der Waals surface area contributed by atoms with E-state index in [1.54, 1.807) is 0 Å². The molecule has 26 heavy (non-hydrogen) atoms. The van der Waals surface area contributed by atoms with Gasteiger partial charge in [-0.15, -0.1) is 0 Å². The number of aromatic nitrogens is 1. The summed E-state index contributed by atoms with van der Waals surface area (Å²) in [5.41, 5.74) is 2.65. The zero-order chi connectivity index (χ0) is 18.4. The van der Waals surface area contributed by atoms with Crippen molar-refractivity contribution in [1.29, 1.82) is 0 Å². The van der Waals surface area contributed by atoms with Gasteiger partial charge in [-0.1, -0.05) is 30.3 Å². The maximum atomic E-state index is 4.75. The van der Waals surface area contributed by atoms with E-state index in [4.69, 9.17) is 4.98 Å². The molecule has 0 unspecified atom stereocenters. The van der Waals surface area contributed by atoms with Gasteiger partial charge in [-0.2, -0.15) is 0 Å². The summed E-state index contributed by atoms with van der Waals surface area (Å²) >= 11 is 0. The Kier molecular flexibility index (Phi) is 6.51. The van der Waals surface area contributed by atoms with E-state index in [2.05, 4.69) is 72.0 Å². The summed E-state index contributed by atoms with van der Waals surface area (Å²) in [7, 11) is 2.15. The van der Waals surface area contributed by atoms with Gasteiger partial charge in [0.1, 0.15) is 0 Å². The van der Waals surface area contributed by atoms with Crippen LogP contribution in [0, 0.1) is 0 Å². The molecule has 1 aromatic carbocycles. The summed E-state index contributed by atoms with van der Waals surface area (Å²) in [6.45, 7) is 9.81. The first kappa shape index (κ1) is 18.7. The fraction of sp³-hybridized carbons (Fsp3) is 0.500. The normalized spacial score (nSPS) is 15.8. The van der Waals surface area contributed by atoms with Gasteiger partial charge in [0.05, 0.1) is 5.69 Å². The number of nitrogens with zero attached hydrogens (tertiary/aromatic N) is 4. The van der Waals surface area contributed by atoms with Crippen molar-refractivity contribution < 1.29 is 0 Å². The lowest BCUT2D eigenvalue weighted by atomic mass is 10.0. The molecule has 1 aliphatic heterocycles. The van der Waals surface area contributed by atoms with E-state index in [1.165, 1.54) is 24.1 Å². The number of likely N-dealkylation sites (tertiary alicyclic amines) is 1. The summed E-state index contributed by atoms with van der Waals surface area (Å²) < 4.78 is 0. The summed E-state index contributed by atoms with van der Waals surface area (Å²) in [5, 5.41) is 0. The molecule has 0 amide bonds. The molecule has 0 bridgehead atoms. The molecule has 1 fully saturated rings. The second kappa shape index (κ2) is 9.04.